The molecule has 4 aromatic rings. The molecule has 152 valence electrons. The van der Waals surface area contributed by atoms with E-state index in [1.807, 2.05) is 54.6 Å². The molecule has 0 unspecified atom stereocenters. The van der Waals surface area contributed by atoms with Crippen LogP contribution in [-0.2, 0) is 13.0 Å². The average molecular weight is 400 g/mol. The number of aromatic nitrogens is 2. The van der Waals surface area contributed by atoms with E-state index in [1.165, 1.54) is 5.56 Å². The first kappa shape index (κ1) is 19.5. The van der Waals surface area contributed by atoms with Crippen molar-refractivity contribution in [1.29, 1.82) is 0 Å². The van der Waals surface area contributed by atoms with Gasteiger partial charge >= 0.3 is 0 Å². The molecule has 0 saturated heterocycles. The number of hydrogen-bond acceptors (Lipinski definition) is 6. The van der Waals surface area contributed by atoms with Gasteiger partial charge in [0, 0.05) is 17.6 Å². The van der Waals surface area contributed by atoms with Crippen LogP contribution in [-0.4, -0.2) is 23.6 Å². The number of hydrogen-bond donors (Lipinski definition) is 2. The van der Waals surface area contributed by atoms with E-state index in [0.717, 1.165) is 46.7 Å². The van der Waals surface area contributed by atoms with Crippen LogP contribution in [0.3, 0.4) is 0 Å². The molecule has 30 heavy (non-hydrogen) atoms. The molecule has 0 radical (unpaired) electrons. The molecular formula is C24H24N4O2. The normalized spacial score (nSPS) is 10.7. The Hall–Kier alpha value is -3.80. The number of methoxy groups -OCH3 is 1. The van der Waals surface area contributed by atoms with E-state index in [1.54, 1.807) is 13.4 Å². The quantitative estimate of drug-likeness (QED) is 0.425. The summed E-state index contributed by atoms with van der Waals surface area (Å²) in [7, 11) is 1.66. The molecule has 0 amide bonds. The molecule has 3 aromatic carbocycles. The smallest absolute Gasteiger partial charge is 0.137 e. The van der Waals surface area contributed by atoms with Gasteiger partial charge in [-0.15, -0.1) is 0 Å². The molecule has 0 bridgehead atoms. The lowest BCUT2D eigenvalue weighted by Crippen LogP contribution is -2.07. The zero-order chi connectivity index (χ0) is 20.8. The molecule has 1 aromatic heterocycles. The van der Waals surface area contributed by atoms with Gasteiger partial charge in [0.2, 0.25) is 0 Å². The molecule has 0 aliphatic carbocycles. The Morgan fingerprint density at radius 3 is 2.37 bits per heavy atom. The Kier molecular flexibility index (Phi) is 5.94. The topological polar surface area (TPSA) is 82.3 Å². The first-order valence-corrected chi connectivity index (χ1v) is 9.80. The van der Waals surface area contributed by atoms with Gasteiger partial charge in [0.1, 0.15) is 30.3 Å². The largest absolute Gasteiger partial charge is 0.497 e. The predicted molar refractivity (Wildman–Crippen MR) is 120 cm³/mol. The summed E-state index contributed by atoms with van der Waals surface area (Å²) in [6, 6.07) is 21.7. The fraction of sp³-hybridized carbons (Fsp3) is 0.167. The highest BCUT2D eigenvalue weighted by atomic mass is 16.5. The SMILES string of the molecule is COc1ccc(COc2ccc(CCNc3ncnc4ccc(N)cc34)cc2)cc1. The van der Waals surface area contributed by atoms with Crippen molar-refractivity contribution in [2.24, 2.45) is 0 Å². The van der Waals surface area contributed by atoms with E-state index in [9.17, 15) is 0 Å². The number of anilines is 2. The maximum Gasteiger partial charge on any atom is 0.137 e. The summed E-state index contributed by atoms with van der Waals surface area (Å²) in [5.41, 5.74) is 9.79. The van der Waals surface area contributed by atoms with E-state index < -0.39 is 0 Å². The van der Waals surface area contributed by atoms with E-state index in [-0.39, 0.29) is 0 Å². The van der Waals surface area contributed by atoms with Crippen LogP contribution >= 0.6 is 0 Å². The van der Waals surface area contributed by atoms with Gasteiger partial charge < -0.3 is 20.5 Å². The Balaban J connectivity index is 1.30. The van der Waals surface area contributed by atoms with Crippen molar-refractivity contribution in [3.05, 3.63) is 84.2 Å². The highest BCUT2D eigenvalue weighted by Gasteiger charge is 2.04. The van der Waals surface area contributed by atoms with E-state index in [4.69, 9.17) is 15.2 Å². The number of nitrogen functional groups attached to an aromatic ring is 1. The number of benzene rings is 3. The first-order chi connectivity index (χ1) is 14.7. The van der Waals surface area contributed by atoms with Crippen LogP contribution in [0, 0.1) is 0 Å². The third-order valence-corrected chi connectivity index (χ3v) is 4.85. The molecule has 6 heteroatoms. The molecule has 6 nitrogen and oxygen atoms in total. The third-order valence-electron chi connectivity index (χ3n) is 4.85. The number of nitrogens with two attached hydrogens (primary N) is 1. The van der Waals surface area contributed by atoms with Gasteiger partial charge in [-0.3, -0.25) is 0 Å². The van der Waals surface area contributed by atoms with Gasteiger partial charge in [-0.1, -0.05) is 24.3 Å². The molecule has 4 rings (SSSR count). The molecule has 0 atom stereocenters. The van der Waals surface area contributed by atoms with E-state index >= 15 is 0 Å². The van der Waals surface area contributed by atoms with Gasteiger partial charge in [0.05, 0.1) is 12.6 Å². The lowest BCUT2D eigenvalue weighted by molar-refractivity contribution is 0.306. The minimum absolute atomic E-state index is 0.523. The molecule has 0 fully saturated rings. The zero-order valence-corrected chi connectivity index (χ0v) is 16.8. The van der Waals surface area contributed by atoms with Crippen LogP contribution in [0.1, 0.15) is 11.1 Å². The summed E-state index contributed by atoms with van der Waals surface area (Å²) in [6.45, 7) is 1.28. The highest BCUT2D eigenvalue weighted by Crippen LogP contribution is 2.22. The summed E-state index contributed by atoms with van der Waals surface area (Å²) in [5.74, 6) is 2.49. The zero-order valence-electron chi connectivity index (χ0n) is 16.8. The van der Waals surface area contributed by atoms with Crippen molar-refractivity contribution >= 4 is 22.4 Å². The molecule has 0 saturated carbocycles. The maximum absolute atomic E-state index is 5.90. The second-order valence-electron chi connectivity index (χ2n) is 6.96. The minimum Gasteiger partial charge on any atom is -0.497 e. The molecule has 0 aliphatic rings. The fourth-order valence-corrected chi connectivity index (χ4v) is 3.18. The van der Waals surface area contributed by atoms with Gasteiger partial charge in [-0.05, 0) is 60.0 Å². The first-order valence-electron chi connectivity index (χ1n) is 9.80. The molecule has 3 N–H and O–H groups in total. The van der Waals surface area contributed by atoms with Crippen LogP contribution in [0.2, 0.25) is 0 Å². The van der Waals surface area contributed by atoms with Gasteiger partial charge in [-0.2, -0.15) is 0 Å². The van der Waals surface area contributed by atoms with Crippen molar-refractivity contribution in [2.75, 3.05) is 24.7 Å². The third kappa shape index (κ3) is 4.78. The van der Waals surface area contributed by atoms with Gasteiger partial charge in [0.25, 0.3) is 0 Å². The molecule has 0 aliphatic heterocycles. The number of fused-ring (bicyclic) bond motifs is 1. The second-order valence-corrected chi connectivity index (χ2v) is 6.96. The number of nitrogens with zero attached hydrogens (tertiary/aromatic N) is 2. The van der Waals surface area contributed by atoms with Gasteiger partial charge in [0.15, 0.2) is 0 Å². The predicted octanol–water partition coefficient (Wildman–Crippen LogP) is 4.45. The van der Waals surface area contributed by atoms with Crippen molar-refractivity contribution in [2.45, 2.75) is 13.0 Å². The van der Waals surface area contributed by atoms with Crippen LogP contribution in [0.5, 0.6) is 11.5 Å². The maximum atomic E-state index is 5.90. The highest BCUT2D eigenvalue weighted by molar-refractivity contribution is 5.91. The summed E-state index contributed by atoms with van der Waals surface area (Å²) < 4.78 is 11.0. The van der Waals surface area contributed by atoms with Crippen LogP contribution in [0.15, 0.2) is 73.1 Å². The second kappa shape index (κ2) is 9.13. The number of rotatable bonds is 8. The molecular weight excluding hydrogens is 376 g/mol. The summed E-state index contributed by atoms with van der Waals surface area (Å²) in [4.78, 5) is 8.63. The van der Waals surface area contributed by atoms with E-state index in [0.29, 0.717) is 12.3 Å². The Bertz CT molecular complexity index is 1110. The monoisotopic (exact) mass is 400 g/mol. The average Bonchev–Trinajstić information content (AvgIpc) is 2.79. The van der Waals surface area contributed by atoms with Crippen molar-refractivity contribution in [3.63, 3.8) is 0 Å². The van der Waals surface area contributed by atoms with Gasteiger partial charge in [-0.25, -0.2) is 9.97 Å². The molecule has 0 spiro atoms. The van der Waals surface area contributed by atoms with Crippen LogP contribution in [0.25, 0.3) is 10.9 Å². The summed E-state index contributed by atoms with van der Waals surface area (Å²) in [6.07, 6.45) is 2.43. The summed E-state index contributed by atoms with van der Waals surface area (Å²) >= 11 is 0. The molecule has 1 heterocycles. The Morgan fingerprint density at radius 2 is 1.60 bits per heavy atom. The number of ether oxygens (including phenoxy) is 2. The van der Waals surface area contributed by atoms with Crippen molar-refractivity contribution in [3.8, 4) is 11.5 Å². The Morgan fingerprint density at radius 1 is 0.867 bits per heavy atom. The lowest BCUT2D eigenvalue weighted by Gasteiger charge is -2.10. The van der Waals surface area contributed by atoms with Crippen molar-refractivity contribution in [1.82, 2.24) is 9.97 Å². The Labute approximate surface area is 175 Å². The number of nitrogens with one attached hydrogen (secondary N) is 1. The van der Waals surface area contributed by atoms with E-state index in [2.05, 4.69) is 27.4 Å². The minimum atomic E-state index is 0.523. The lowest BCUT2D eigenvalue weighted by atomic mass is 10.1. The van der Waals surface area contributed by atoms with Crippen LogP contribution < -0.4 is 20.5 Å². The van der Waals surface area contributed by atoms with Crippen molar-refractivity contribution < 1.29 is 9.47 Å². The summed E-state index contributed by atoms with van der Waals surface area (Å²) in [5, 5.41) is 4.32. The standard InChI is InChI=1S/C24H24N4O2/c1-29-20-7-4-18(5-8-20)15-30-21-9-2-17(3-10-21)12-13-26-24-22-14-19(25)6-11-23(22)27-16-28-24/h2-11,14,16H,12-13,15,25H2,1H3,(H,26,27,28). The fourth-order valence-electron chi connectivity index (χ4n) is 3.18. The van der Waals surface area contributed by atoms with Crippen LogP contribution in [0.4, 0.5) is 11.5 Å².